The van der Waals surface area contributed by atoms with Gasteiger partial charge in [-0.1, -0.05) is 0 Å². The van der Waals surface area contributed by atoms with Gasteiger partial charge in [0.2, 0.25) is 0 Å². The van der Waals surface area contributed by atoms with Crippen LogP contribution in [0.5, 0.6) is 11.6 Å². The van der Waals surface area contributed by atoms with Crippen molar-refractivity contribution in [1.82, 2.24) is 18.9 Å². The summed E-state index contributed by atoms with van der Waals surface area (Å²) < 4.78 is 37.1. The van der Waals surface area contributed by atoms with Crippen LogP contribution < -0.4 is 19.5 Å². The number of aromatic nitrogens is 3. The standard InChI is InChI=1S/C16H26N6O4S/c1-10-13-15(18-11(2)19-22(13)16(26-5)14(10)25-4)21-8-6-12(7-9-21)20(3)27(17,23)24/h12H,6-9H2,1-5H3,(H2,17,23,24). The molecule has 1 fully saturated rings. The quantitative estimate of drug-likeness (QED) is 0.778. The Labute approximate surface area is 159 Å². The zero-order valence-corrected chi connectivity index (χ0v) is 17.1. The molecule has 0 amide bonds. The van der Waals surface area contributed by atoms with E-state index in [2.05, 4.69) is 15.0 Å². The van der Waals surface area contributed by atoms with Crippen molar-refractivity contribution in [2.24, 2.45) is 5.14 Å². The fourth-order valence-electron chi connectivity index (χ4n) is 3.64. The Bertz CT molecular complexity index is 950. The maximum atomic E-state index is 11.6. The number of nitrogens with zero attached hydrogens (tertiary/aromatic N) is 5. The number of aryl methyl sites for hydroxylation is 2. The normalized spacial score (nSPS) is 16.3. The fourth-order valence-corrected chi connectivity index (χ4v) is 4.27. The molecule has 0 radical (unpaired) electrons. The number of methoxy groups -OCH3 is 2. The first-order chi connectivity index (χ1) is 12.7. The summed E-state index contributed by atoms with van der Waals surface area (Å²) in [6.45, 7) is 5.09. The van der Waals surface area contributed by atoms with Crippen molar-refractivity contribution in [3.05, 3.63) is 11.4 Å². The van der Waals surface area contributed by atoms with Gasteiger partial charge in [0.25, 0.3) is 16.1 Å². The average Bonchev–Trinajstić information content (AvgIpc) is 2.90. The van der Waals surface area contributed by atoms with Crippen LogP contribution in [0.15, 0.2) is 0 Å². The molecule has 10 nitrogen and oxygen atoms in total. The first-order valence-electron chi connectivity index (χ1n) is 8.67. The third-order valence-corrected chi connectivity index (χ3v) is 6.20. The van der Waals surface area contributed by atoms with Crippen LogP contribution in [0.3, 0.4) is 0 Å². The van der Waals surface area contributed by atoms with Crippen molar-refractivity contribution in [3.8, 4) is 11.6 Å². The zero-order chi connectivity index (χ0) is 19.9. The first kappa shape index (κ1) is 19.6. The van der Waals surface area contributed by atoms with Gasteiger partial charge in [-0.25, -0.2) is 10.1 Å². The second-order valence-electron chi connectivity index (χ2n) is 6.69. The van der Waals surface area contributed by atoms with Gasteiger partial charge in [0.15, 0.2) is 11.6 Å². The van der Waals surface area contributed by atoms with E-state index in [0.717, 1.165) is 16.9 Å². The van der Waals surface area contributed by atoms with E-state index >= 15 is 0 Å². The Balaban J connectivity index is 1.98. The molecule has 0 spiro atoms. The number of rotatable bonds is 5. The van der Waals surface area contributed by atoms with Crippen LogP contribution in [0, 0.1) is 13.8 Å². The van der Waals surface area contributed by atoms with E-state index in [1.165, 1.54) is 11.4 Å². The van der Waals surface area contributed by atoms with E-state index in [9.17, 15) is 8.42 Å². The maximum Gasteiger partial charge on any atom is 0.276 e. The van der Waals surface area contributed by atoms with E-state index in [1.54, 1.807) is 18.7 Å². The van der Waals surface area contributed by atoms with Crippen molar-refractivity contribution in [1.29, 1.82) is 0 Å². The minimum atomic E-state index is -3.69. The summed E-state index contributed by atoms with van der Waals surface area (Å²) >= 11 is 0. The molecule has 2 aromatic heterocycles. The SMILES string of the molecule is COc1c(C)c2c(N3CCC(N(C)S(N)(=O)=O)CC3)nc(C)nn2c1OC. The first-order valence-corrected chi connectivity index (χ1v) is 10.2. The topological polar surface area (TPSA) is 115 Å². The molecule has 0 aromatic carbocycles. The van der Waals surface area contributed by atoms with Gasteiger partial charge in [-0.3, -0.25) is 0 Å². The van der Waals surface area contributed by atoms with E-state index in [0.29, 0.717) is 43.4 Å². The molecule has 2 aromatic rings. The monoisotopic (exact) mass is 398 g/mol. The summed E-state index contributed by atoms with van der Waals surface area (Å²) in [6, 6.07) is -0.118. The number of piperidine rings is 1. The Hall–Kier alpha value is -2.11. The zero-order valence-electron chi connectivity index (χ0n) is 16.3. The minimum Gasteiger partial charge on any atom is -0.491 e. The second-order valence-corrected chi connectivity index (χ2v) is 8.30. The number of fused-ring (bicyclic) bond motifs is 1. The summed E-state index contributed by atoms with van der Waals surface area (Å²) in [5, 5.41) is 9.73. The molecule has 0 saturated carbocycles. The minimum absolute atomic E-state index is 0.118. The number of hydrogen-bond donors (Lipinski definition) is 1. The largest absolute Gasteiger partial charge is 0.491 e. The highest BCUT2D eigenvalue weighted by Crippen LogP contribution is 2.39. The Morgan fingerprint density at radius 3 is 2.33 bits per heavy atom. The summed E-state index contributed by atoms with van der Waals surface area (Å²) in [6.07, 6.45) is 1.33. The predicted octanol–water partition coefficient (Wildman–Crippen LogP) is 0.467. The molecule has 3 rings (SSSR count). The molecule has 2 N–H and O–H groups in total. The van der Waals surface area contributed by atoms with Crippen molar-refractivity contribution >= 4 is 21.5 Å². The lowest BCUT2D eigenvalue weighted by molar-refractivity contribution is 0.311. The summed E-state index contributed by atoms with van der Waals surface area (Å²) in [4.78, 5) is 6.80. The number of anilines is 1. The van der Waals surface area contributed by atoms with Crippen LogP contribution in [-0.2, 0) is 10.2 Å². The third-order valence-electron chi connectivity index (χ3n) is 5.10. The Morgan fingerprint density at radius 2 is 1.81 bits per heavy atom. The molecule has 1 saturated heterocycles. The van der Waals surface area contributed by atoms with Gasteiger partial charge < -0.3 is 14.4 Å². The Morgan fingerprint density at radius 1 is 1.19 bits per heavy atom. The molecule has 0 bridgehead atoms. The molecular weight excluding hydrogens is 372 g/mol. The van der Waals surface area contributed by atoms with E-state index < -0.39 is 10.2 Å². The van der Waals surface area contributed by atoms with Crippen LogP contribution in [0.1, 0.15) is 24.2 Å². The van der Waals surface area contributed by atoms with Gasteiger partial charge in [0.1, 0.15) is 11.3 Å². The van der Waals surface area contributed by atoms with Gasteiger partial charge in [-0.15, -0.1) is 5.10 Å². The lowest BCUT2D eigenvalue weighted by atomic mass is 10.1. The highest BCUT2D eigenvalue weighted by atomic mass is 32.2. The fraction of sp³-hybridized carbons (Fsp3) is 0.625. The second kappa shape index (κ2) is 7.13. The lowest BCUT2D eigenvalue weighted by Crippen LogP contribution is -2.47. The van der Waals surface area contributed by atoms with E-state index in [1.807, 2.05) is 13.8 Å². The van der Waals surface area contributed by atoms with E-state index in [4.69, 9.17) is 14.6 Å². The average molecular weight is 398 g/mol. The van der Waals surface area contributed by atoms with Crippen molar-refractivity contribution in [2.75, 3.05) is 39.3 Å². The van der Waals surface area contributed by atoms with Gasteiger partial charge in [0, 0.05) is 31.7 Å². The molecule has 11 heteroatoms. The van der Waals surface area contributed by atoms with Gasteiger partial charge >= 0.3 is 0 Å². The molecule has 0 aliphatic carbocycles. The Kier molecular flexibility index (Phi) is 5.19. The molecule has 150 valence electrons. The number of ether oxygens (including phenoxy) is 2. The highest BCUT2D eigenvalue weighted by Gasteiger charge is 2.30. The lowest BCUT2D eigenvalue weighted by Gasteiger charge is -2.36. The van der Waals surface area contributed by atoms with E-state index in [-0.39, 0.29) is 6.04 Å². The van der Waals surface area contributed by atoms with Crippen LogP contribution in [0.25, 0.3) is 5.52 Å². The molecule has 0 unspecified atom stereocenters. The third kappa shape index (κ3) is 3.42. The number of nitrogens with two attached hydrogens (primary N) is 1. The van der Waals surface area contributed by atoms with Crippen molar-refractivity contribution in [2.45, 2.75) is 32.7 Å². The van der Waals surface area contributed by atoms with Gasteiger partial charge in [-0.2, -0.15) is 17.2 Å². The smallest absolute Gasteiger partial charge is 0.276 e. The van der Waals surface area contributed by atoms with Crippen LogP contribution >= 0.6 is 0 Å². The molecule has 0 atom stereocenters. The highest BCUT2D eigenvalue weighted by molar-refractivity contribution is 7.86. The summed E-state index contributed by atoms with van der Waals surface area (Å²) in [5.41, 5.74) is 1.72. The van der Waals surface area contributed by atoms with Crippen LogP contribution in [-0.4, -0.2) is 67.7 Å². The molecule has 27 heavy (non-hydrogen) atoms. The molecular formula is C16H26N6O4S. The predicted molar refractivity (Wildman–Crippen MR) is 102 cm³/mol. The van der Waals surface area contributed by atoms with Gasteiger partial charge in [-0.05, 0) is 26.7 Å². The molecule has 3 heterocycles. The van der Waals surface area contributed by atoms with Crippen LogP contribution in [0.2, 0.25) is 0 Å². The molecule has 1 aliphatic rings. The van der Waals surface area contributed by atoms with Crippen LogP contribution in [0.4, 0.5) is 5.82 Å². The number of hydrogen-bond acceptors (Lipinski definition) is 7. The summed E-state index contributed by atoms with van der Waals surface area (Å²) in [7, 11) is 1.01. The van der Waals surface area contributed by atoms with Crippen molar-refractivity contribution in [3.63, 3.8) is 0 Å². The molecule has 1 aliphatic heterocycles. The van der Waals surface area contributed by atoms with Gasteiger partial charge in [0.05, 0.1) is 14.2 Å². The summed E-state index contributed by atoms with van der Waals surface area (Å²) in [5.74, 6) is 2.55. The maximum absolute atomic E-state index is 11.6. The van der Waals surface area contributed by atoms with Crippen molar-refractivity contribution < 1.29 is 17.9 Å².